The summed E-state index contributed by atoms with van der Waals surface area (Å²) in [5, 5.41) is 3.06. The van der Waals surface area contributed by atoms with Crippen LogP contribution in [0, 0.1) is 5.82 Å². The van der Waals surface area contributed by atoms with Crippen molar-refractivity contribution in [2.45, 2.75) is 23.8 Å². The van der Waals surface area contributed by atoms with Crippen LogP contribution in [0.25, 0.3) is 16.9 Å². The fourth-order valence-corrected chi connectivity index (χ4v) is 5.81. The summed E-state index contributed by atoms with van der Waals surface area (Å²) in [4.78, 5) is 17.8. The Balaban J connectivity index is 1.45. The van der Waals surface area contributed by atoms with Crippen molar-refractivity contribution >= 4 is 45.1 Å². The van der Waals surface area contributed by atoms with Crippen molar-refractivity contribution in [2.75, 3.05) is 11.9 Å². The van der Waals surface area contributed by atoms with Crippen LogP contribution in [-0.4, -0.2) is 40.8 Å². The number of rotatable bonds is 8. The lowest BCUT2D eigenvalue weighted by Gasteiger charge is -2.21. The molecule has 7 nitrogen and oxygen atoms in total. The number of anilines is 1. The molecule has 1 amide bonds. The van der Waals surface area contributed by atoms with E-state index in [1.807, 2.05) is 30.3 Å². The molecule has 1 saturated carbocycles. The van der Waals surface area contributed by atoms with Crippen molar-refractivity contribution in [1.82, 2.24) is 13.9 Å². The number of nitrogens with zero attached hydrogens (tertiary/aromatic N) is 3. The molecule has 1 heterocycles. The van der Waals surface area contributed by atoms with Crippen molar-refractivity contribution < 1.29 is 17.6 Å². The highest BCUT2D eigenvalue weighted by Gasteiger charge is 2.39. The molecule has 1 fully saturated rings. The number of benzene rings is 3. The van der Waals surface area contributed by atoms with Crippen LogP contribution in [-0.2, 0) is 14.8 Å². The van der Waals surface area contributed by atoms with Crippen LogP contribution in [0.2, 0.25) is 10.0 Å². The van der Waals surface area contributed by atoms with E-state index in [0.29, 0.717) is 29.2 Å². The van der Waals surface area contributed by atoms with Crippen LogP contribution in [0.5, 0.6) is 0 Å². The Morgan fingerprint density at radius 1 is 1.05 bits per heavy atom. The molecule has 0 aliphatic heterocycles. The van der Waals surface area contributed by atoms with Gasteiger partial charge in [-0.3, -0.25) is 14.7 Å². The van der Waals surface area contributed by atoms with E-state index in [9.17, 15) is 17.6 Å². The largest absolute Gasteiger partial charge is 0.294 e. The summed E-state index contributed by atoms with van der Waals surface area (Å²) in [7, 11) is -3.92. The number of amides is 1. The van der Waals surface area contributed by atoms with Gasteiger partial charge in [-0.15, -0.1) is 0 Å². The van der Waals surface area contributed by atoms with Gasteiger partial charge in [0.2, 0.25) is 21.9 Å². The molecular formula is C26H21Cl2FN4O3S. The fraction of sp³-hybridized carbons (Fsp3) is 0.154. The van der Waals surface area contributed by atoms with Crippen molar-refractivity contribution in [3.05, 3.63) is 94.9 Å². The summed E-state index contributed by atoms with van der Waals surface area (Å²) in [5.41, 5.74) is 1.84. The number of hydrogen-bond acceptors (Lipinski definition) is 4. The lowest BCUT2D eigenvalue weighted by atomic mass is 10.2. The fourth-order valence-electron chi connectivity index (χ4n) is 3.87. The van der Waals surface area contributed by atoms with Gasteiger partial charge in [0, 0.05) is 22.8 Å². The minimum Gasteiger partial charge on any atom is -0.294 e. The van der Waals surface area contributed by atoms with Crippen molar-refractivity contribution in [2.24, 2.45) is 0 Å². The number of carbonyl (C=O) groups is 1. The van der Waals surface area contributed by atoms with E-state index >= 15 is 0 Å². The SMILES string of the molecule is O=C(CN(C1CC1)S(=O)(=O)c1ccc(Cl)cc1)Nc1nc(-c2ccccc2)cn1-c1ccc(F)c(Cl)c1. The molecule has 1 aliphatic rings. The number of halogens is 3. The van der Waals surface area contributed by atoms with Crippen molar-refractivity contribution in [1.29, 1.82) is 0 Å². The molecule has 1 aliphatic carbocycles. The van der Waals surface area contributed by atoms with Crippen LogP contribution in [0.3, 0.4) is 0 Å². The van der Waals surface area contributed by atoms with Gasteiger partial charge in [0.05, 0.1) is 27.8 Å². The third-order valence-electron chi connectivity index (χ3n) is 5.88. The van der Waals surface area contributed by atoms with Gasteiger partial charge in [0.15, 0.2) is 0 Å². The van der Waals surface area contributed by atoms with E-state index in [4.69, 9.17) is 23.2 Å². The highest BCUT2D eigenvalue weighted by atomic mass is 35.5. The molecule has 1 N–H and O–H groups in total. The predicted molar refractivity (Wildman–Crippen MR) is 141 cm³/mol. The summed E-state index contributed by atoms with van der Waals surface area (Å²) in [6.45, 7) is -0.396. The summed E-state index contributed by atoms with van der Waals surface area (Å²) in [5.74, 6) is -0.998. The Bertz CT molecular complexity index is 1560. The van der Waals surface area contributed by atoms with Gasteiger partial charge in [0.25, 0.3) is 0 Å². The molecule has 11 heteroatoms. The Morgan fingerprint density at radius 3 is 2.41 bits per heavy atom. The minimum absolute atomic E-state index is 0.0606. The highest BCUT2D eigenvalue weighted by molar-refractivity contribution is 7.89. The number of carbonyl (C=O) groups excluding carboxylic acids is 1. The first-order valence-corrected chi connectivity index (χ1v) is 13.6. The molecule has 0 unspecified atom stereocenters. The summed E-state index contributed by atoms with van der Waals surface area (Å²) >= 11 is 11.9. The molecule has 37 heavy (non-hydrogen) atoms. The molecule has 0 spiro atoms. The average molecular weight is 559 g/mol. The Morgan fingerprint density at radius 2 is 1.76 bits per heavy atom. The third kappa shape index (κ3) is 5.55. The van der Waals surface area contributed by atoms with Gasteiger partial charge in [-0.2, -0.15) is 4.31 Å². The molecule has 5 rings (SSSR count). The quantitative estimate of drug-likeness (QED) is 0.297. The van der Waals surface area contributed by atoms with Gasteiger partial charge in [0.1, 0.15) is 5.82 Å². The van der Waals surface area contributed by atoms with Gasteiger partial charge in [-0.25, -0.2) is 17.8 Å². The van der Waals surface area contributed by atoms with Crippen LogP contribution in [0.4, 0.5) is 10.3 Å². The number of sulfonamides is 1. The van der Waals surface area contributed by atoms with Gasteiger partial charge < -0.3 is 0 Å². The van der Waals surface area contributed by atoms with E-state index in [2.05, 4.69) is 10.3 Å². The second-order valence-electron chi connectivity index (χ2n) is 8.57. The zero-order valence-electron chi connectivity index (χ0n) is 19.3. The monoisotopic (exact) mass is 558 g/mol. The molecule has 3 aromatic carbocycles. The molecule has 190 valence electrons. The number of hydrogen-bond donors (Lipinski definition) is 1. The van der Waals surface area contributed by atoms with Crippen LogP contribution in [0.1, 0.15) is 12.8 Å². The summed E-state index contributed by atoms with van der Waals surface area (Å²) in [6, 6.07) is 19.0. The van der Waals surface area contributed by atoms with Crippen molar-refractivity contribution in [3.63, 3.8) is 0 Å². The lowest BCUT2D eigenvalue weighted by Crippen LogP contribution is -2.39. The van der Waals surface area contributed by atoms with Crippen LogP contribution < -0.4 is 5.32 Å². The first-order valence-electron chi connectivity index (χ1n) is 11.4. The van der Waals surface area contributed by atoms with Gasteiger partial charge in [-0.1, -0.05) is 53.5 Å². The topological polar surface area (TPSA) is 84.3 Å². The predicted octanol–water partition coefficient (Wildman–Crippen LogP) is 5.78. The maximum absolute atomic E-state index is 13.8. The standard InChI is InChI=1S/C26H21Cl2FN4O3S/c27-18-6-11-21(12-7-18)37(35,36)33(19-8-9-19)16-25(34)31-26-30-24(17-4-2-1-3-5-17)15-32(26)20-10-13-23(29)22(28)14-20/h1-7,10-15,19H,8-9,16H2,(H,30,31,34). The zero-order valence-corrected chi connectivity index (χ0v) is 21.6. The van der Waals surface area contributed by atoms with Crippen LogP contribution >= 0.6 is 23.2 Å². The third-order valence-corrected chi connectivity index (χ3v) is 8.34. The second-order valence-corrected chi connectivity index (χ2v) is 11.3. The number of imidazole rings is 1. The summed E-state index contributed by atoms with van der Waals surface area (Å²) < 4.78 is 43.2. The number of nitrogens with one attached hydrogen (secondary N) is 1. The second kappa shape index (κ2) is 10.3. The van der Waals surface area contributed by atoms with Crippen molar-refractivity contribution in [3.8, 4) is 16.9 Å². The smallest absolute Gasteiger partial charge is 0.243 e. The maximum Gasteiger partial charge on any atom is 0.243 e. The van der Waals surface area contributed by atoms with Gasteiger partial charge in [-0.05, 0) is 55.3 Å². The molecular weight excluding hydrogens is 538 g/mol. The molecule has 0 atom stereocenters. The van der Waals surface area contributed by atoms with Crippen LogP contribution in [0.15, 0.2) is 83.9 Å². The molecule has 0 bridgehead atoms. The molecule has 0 radical (unpaired) electrons. The van der Waals surface area contributed by atoms with E-state index < -0.39 is 28.3 Å². The molecule has 1 aromatic heterocycles. The van der Waals surface area contributed by atoms with E-state index in [0.717, 1.165) is 5.56 Å². The maximum atomic E-state index is 13.8. The summed E-state index contributed by atoms with van der Waals surface area (Å²) in [6.07, 6.45) is 3.03. The molecule has 4 aromatic rings. The Labute approximate surface area is 223 Å². The highest BCUT2D eigenvalue weighted by Crippen LogP contribution is 2.32. The Kier molecular flexibility index (Phi) is 7.04. The normalized spacial score (nSPS) is 13.6. The van der Waals surface area contributed by atoms with Gasteiger partial charge >= 0.3 is 0 Å². The average Bonchev–Trinajstić information content (AvgIpc) is 3.64. The van der Waals surface area contributed by atoms with E-state index in [-0.39, 0.29) is 21.9 Å². The first kappa shape index (κ1) is 25.4. The first-order chi connectivity index (χ1) is 17.7. The zero-order chi connectivity index (χ0) is 26.2. The Hall–Kier alpha value is -3.24. The lowest BCUT2D eigenvalue weighted by molar-refractivity contribution is -0.116. The van der Waals surface area contributed by atoms with E-state index in [1.54, 1.807) is 10.8 Å². The van der Waals surface area contributed by atoms with E-state index in [1.165, 1.54) is 46.8 Å². The molecule has 0 saturated heterocycles. The minimum atomic E-state index is -3.92. The number of aromatic nitrogens is 2.